The summed E-state index contributed by atoms with van der Waals surface area (Å²) in [6.45, 7) is 4.24. The van der Waals surface area contributed by atoms with Gasteiger partial charge in [-0.05, 0) is 50.3 Å². The molecule has 1 aliphatic rings. The van der Waals surface area contributed by atoms with Crippen molar-refractivity contribution in [2.75, 3.05) is 0 Å². The minimum atomic E-state index is -0.301. The topological polar surface area (TPSA) is 41.6 Å². The first-order valence-electron chi connectivity index (χ1n) is 7.64. The van der Waals surface area contributed by atoms with Gasteiger partial charge in [-0.3, -0.25) is 4.68 Å². The van der Waals surface area contributed by atoms with Crippen molar-refractivity contribution in [3.63, 3.8) is 0 Å². The molecule has 3 nitrogen and oxygen atoms in total. The molecule has 0 N–H and O–H groups in total. The molecular weight excluding hydrogens is 258 g/mol. The molecule has 0 amide bonds. The van der Waals surface area contributed by atoms with Crippen molar-refractivity contribution in [2.24, 2.45) is 5.41 Å². The van der Waals surface area contributed by atoms with Crippen molar-refractivity contribution in [3.05, 3.63) is 53.3 Å². The summed E-state index contributed by atoms with van der Waals surface area (Å²) in [6, 6.07) is 13.5. The van der Waals surface area contributed by atoms with Gasteiger partial charge in [-0.25, -0.2) is 0 Å². The van der Waals surface area contributed by atoms with E-state index >= 15 is 0 Å². The summed E-state index contributed by atoms with van der Waals surface area (Å²) in [4.78, 5) is 0. The molecule has 0 saturated heterocycles. The average Bonchev–Trinajstić information content (AvgIpc) is 2.95. The Morgan fingerprint density at radius 2 is 2.05 bits per heavy atom. The summed E-state index contributed by atoms with van der Waals surface area (Å²) in [5, 5.41) is 14.4. The number of nitriles is 1. The smallest absolute Gasteiger partial charge is 0.0697 e. The molecule has 0 fully saturated rings. The highest BCUT2D eigenvalue weighted by atomic mass is 15.3. The Morgan fingerprint density at radius 1 is 1.29 bits per heavy atom. The zero-order valence-electron chi connectivity index (χ0n) is 12.7. The van der Waals surface area contributed by atoms with Crippen molar-refractivity contribution in [1.29, 1.82) is 5.26 Å². The van der Waals surface area contributed by atoms with Gasteiger partial charge in [0.15, 0.2) is 0 Å². The zero-order chi connectivity index (χ0) is 14.9. The molecule has 1 aliphatic carbocycles. The van der Waals surface area contributed by atoms with Crippen LogP contribution in [0, 0.1) is 16.7 Å². The third-order valence-electron chi connectivity index (χ3n) is 4.47. The molecule has 1 atom stereocenters. The van der Waals surface area contributed by atoms with Gasteiger partial charge in [-0.15, -0.1) is 0 Å². The van der Waals surface area contributed by atoms with Gasteiger partial charge >= 0.3 is 0 Å². The predicted octanol–water partition coefficient (Wildman–Crippen LogP) is 3.71. The molecule has 108 valence electrons. The van der Waals surface area contributed by atoms with Crippen molar-refractivity contribution in [2.45, 2.75) is 45.6 Å². The van der Waals surface area contributed by atoms with Gasteiger partial charge in [0, 0.05) is 18.7 Å². The number of hydrogen-bond donors (Lipinski definition) is 0. The van der Waals surface area contributed by atoms with Gasteiger partial charge in [0.1, 0.15) is 0 Å². The third-order valence-corrected chi connectivity index (χ3v) is 4.47. The van der Waals surface area contributed by atoms with E-state index in [9.17, 15) is 5.26 Å². The molecule has 0 radical (unpaired) electrons. The number of rotatable bonds is 3. The molecule has 0 bridgehead atoms. The summed E-state index contributed by atoms with van der Waals surface area (Å²) in [5.74, 6) is 0. The van der Waals surface area contributed by atoms with E-state index in [4.69, 9.17) is 0 Å². The Balaban J connectivity index is 1.84. The summed E-state index contributed by atoms with van der Waals surface area (Å²) in [7, 11) is 0. The predicted molar refractivity (Wildman–Crippen MR) is 82.8 cm³/mol. The van der Waals surface area contributed by atoms with Crippen LogP contribution >= 0.6 is 0 Å². The Labute approximate surface area is 126 Å². The molecular formula is C18H21N3. The second-order valence-corrected chi connectivity index (χ2v) is 6.40. The van der Waals surface area contributed by atoms with Crippen LogP contribution in [0.2, 0.25) is 0 Å². The number of hydrogen-bond acceptors (Lipinski definition) is 2. The van der Waals surface area contributed by atoms with E-state index in [2.05, 4.69) is 55.3 Å². The van der Waals surface area contributed by atoms with Crippen LogP contribution in [0.15, 0.2) is 36.5 Å². The zero-order valence-corrected chi connectivity index (χ0v) is 12.7. The van der Waals surface area contributed by atoms with Crippen LogP contribution in [-0.2, 0) is 19.3 Å². The Hall–Kier alpha value is -2.08. The second-order valence-electron chi connectivity index (χ2n) is 6.40. The van der Waals surface area contributed by atoms with Gasteiger partial charge in [0.05, 0.1) is 17.2 Å². The van der Waals surface area contributed by atoms with E-state index in [1.165, 1.54) is 11.1 Å². The van der Waals surface area contributed by atoms with Gasteiger partial charge in [-0.2, -0.15) is 10.4 Å². The van der Waals surface area contributed by atoms with Crippen LogP contribution in [0.25, 0.3) is 0 Å². The quantitative estimate of drug-likeness (QED) is 0.859. The van der Waals surface area contributed by atoms with E-state index in [1.807, 2.05) is 10.9 Å². The fraction of sp³-hybridized carbons (Fsp3) is 0.444. The monoisotopic (exact) mass is 279 g/mol. The van der Waals surface area contributed by atoms with Crippen LogP contribution in [0.1, 0.15) is 43.1 Å². The lowest BCUT2D eigenvalue weighted by Crippen LogP contribution is -2.30. The summed E-state index contributed by atoms with van der Waals surface area (Å²) in [5.41, 5.74) is 3.46. The van der Waals surface area contributed by atoms with Crippen LogP contribution in [0.5, 0.6) is 0 Å². The molecule has 1 aromatic carbocycles. The van der Waals surface area contributed by atoms with Crippen molar-refractivity contribution >= 4 is 0 Å². The number of fused-ring (bicyclic) bond motifs is 1. The number of aryl methyl sites for hydroxylation is 1. The Morgan fingerprint density at radius 3 is 2.71 bits per heavy atom. The lowest BCUT2D eigenvalue weighted by Gasteiger charge is -2.31. The normalized spacial score (nSPS) is 21.0. The standard InChI is InChI=1S/C18H21N3/c1-14(2)21-10-8-17(20-21)12-18(13-19)9-7-15-5-3-4-6-16(15)11-18/h3-6,8,10,14H,7,9,11-12H2,1-2H3. The fourth-order valence-electron chi connectivity index (χ4n) is 3.19. The first kappa shape index (κ1) is 13.9. The lowest BCUT2D eigenvalue weighted by molar-refractivity contribution is 0.334. The van der Waals surface area contributed by atoms with Crippen molar-refractivity contribution in [1.82, 2.24) is 9.78 Å². The van der Waals surface area contributed by atoms with Crippen molar-refractivity contribution < 1.29 is 0 Å². The summed E-state index contributed by atoms with van der Waals surface area (Å²) in [6.07, 6.45) is 5.53. The van der Waals surface area contributed by atoms with Crippen LogP contribution in [0.4, 0.5) is 0 Å². The maximum absolute atomic E-state index is 9.76. The molecule has 0 saturated carbocycles. The number of nitrogens with zero attached hydrogens (tertiary/aromatic N) is 3. The van der Waals surface area contributed by atoms with E-state index in [0.29, 0.717) is 6.04 Å². The molecule has 21 heavy (non-hydrogen) atoms. The molecule has 3 rings (SSSR count). The van der Waals surface area contributed by atoms with Crippen LogP contribution < -0.4 is 0 Å². The Kier molecular flexibility index (Phi) is 3.55. The number of benzene rings is 1. The highest BCUT2D eigenvalue weighted by Gasteiger charge is 2.35. The summed E-state index contributed by atoms with van der Waals surface area (Å²) < 4.78 is 1.97. The van der Waals surface area contributed by atoms with E-state index in [0.717, 1.165) is 31.4 Å². The van der Waals surface area contributed by atoms with Gasteiger partial charge in [0.2, 0.25) is 0 Å². The summed E-state index contributed by atoms with van der Waals surface area (Å²) >= 11 is 0. The first-order chi connectivity index (χ1) is 10.1. The van der Waals surface area contributed by atoms with Crippen LogP contribution in [-0.4, -0.2) is 9.78 Å². The molecule has 1 heterocycles. The maximum atomic E-state index is 9.76. The molecule has 1 aromatic heterocycles. The molecule has 1 unspecified atom stereocenters. The number of aromatic nitrogens is 2. The second kappa shape index (κ2) is 5.37. The fourth-order valence-corrected chi connectivity index (χ4v) is 3.19. The average molecular weight is 279 g/mol. The Bertz CT molecular complexity index is 678. The highest BCUT2D eigenvalue weighted by molar-refractivity contribution is 5.33. The van der Waals surface area contributed by atoms with Gasteiger partial charge in [-0.1, -0.05) is 24.3 Å². The third kappa shape index (κ3) is 2.71. The molecule has 2 aromatic rings. The largest absolute Gasteiger partial charge is 0.270 e. The van der Waals surface area contributed by atoms with E-state index in [-0.39, 0.29) is 5.41 Å². The first-order valence-corrected chi connectivity index (χ1v) is 7.64. The van der Waals surface area contributed by atoms with E-state index in [1.54, 1.807) is 0 Å². The lowest BCUT2D eigenvalue weighted by atomic mass is 9.70. The molecule has 3 heteroatoms. The van der Waals surface area contributed by atoms with Gasteiger partial charge < -0.3 is 0 Å². The minimum Gasteiger partial charge on any atom is -0.270 e. The van der Waals surface area contributed by atoms with Crippen LogP contribution in [0.3, 0.4) is 0 Å². The van der Waals surface area contributed by atoms with Crippen molar-refractivity contribution in [3.8, 4) is 6.07 Å². The minimum absolute atomic E-state index is 0.301. The molecule has 0 aliphatic heterocycles. The maximum Gasteiger partial charge on any atom is 0.0697 e. The molecule has 0 spiro atoms. The highest BCUT2D eigenvalue weighted by Crippen LogP contribution is 2.37. The SMILES string of the molecule is CC(C)n1ccc(CC2(C#N)CCc3ccccc3C2)n1. The van der Waals surface area contributed by atoms with Gasteiger partial charge in [0.25, 0.3) is 0 Å². The van der Waals surface area contributed by atoms with E-state index < -0.39 is 0 Å².